The second-order valence-electron chi connectivity index (χ2n) is 5.31. The molecule has 0 atom stereocenters. The lowest BCUT2D eigenvalue weighted by Crippen LogP contribution is -1.98. The van der Waals surface area contributed by atoms with E-state index < -0.39 is 0 Å². The van der Waals surface area contributed by atoms with Crippen molar-refractivity contribution in [2.24, 2.45) is 0 Å². The van der Waals surface area contributed by atoms with Crippen LogP contribution < -0.4 is 0 Å². The van der Waals surface area contributed by atoms with Crippen molar-refractivity contribution in [2.45, 2.75) is 32.6 Å². The number of benzene rings is 2. The molecule has 3 aromatic rings. The minimum atomic E-state index is -0.142. The molecule has 0 fully saturated rings. The predicted octanol–water partition coefficient (Wildman–Crippen LogP) is 5.37. The van der Waals surface area contributed by atoms with Crippen LogP contribution in [0.2, 0.25) is 0 Å². The summed E-state index contributed by atoms with van der Waals surface area (Å²) in [7, 11) is 0. The van der Waals surface area contributed by atoms with Gasteiger partial charge >= 0.3 is 0 Å². The van der Waals surface area contributed by atoms with E-state index in [9.17, 15) is 4.39 Å². The number of aromatic nitrogens is 1. The molecule has 0 bridgehead atoms. The smallest absolute Gasteiger partial charge is 0.123 e. The van der Waals surface area contributed by atoms with Crippen molar-refractivity contribution < 1.29 is 4.39 Å². The van der Waals surface area contributed by atoms with E-state index >= 15 is 0 Å². The first-order valence-corrected chi connectivity index (χ1v) is 8.24. The fourth-order valence-corrected chi connectivity index (χ4v) is 3.38. The summed E-state index contributed by atoms with van der Waals surface area (Å²) in [6.45, 7) is 2.16. The number of para-hydroxylation sites is 1. The van der Waals surface area contributed by atoms with Crippen LogP contribution in [0, 0.1) is 5.82 Å². The van der Waals surface area contributed by atoms with Crippen LogP contribution in [0.5, 0.6) is 0 Å². The molecule has 0 aliphatic heterocycles. The molecule has 0 aliphatic carbocycles. The average Bonchev–Trinajstić information content (AvgIpc) is 2.97. The lowest BCUT2D eigenvalue weighted by atomic mass is 9.96. The van der Waals surface area contributed by atoms with Crippen LogP contribution in [-0.4, -0.2) is 4.98 Å². The molecular formula is C18H18FNS. The van der Waals surface area contributed by atoms with Crippen molar-refractivity contribution in [3.05, 3.63) is 64.4 Å². The van der Waals surface area contributed by atoms with Crippen molar-refractivity contribution >= 4 is 21.6 Å². The lowest BCUT2D eigenvalue weighted by molar-refractivity contribution is 0.623. The molecule has 0 saturated heterocycles. The fraction of sp³-hybridized carbons (Fsp3) is 0.278. The van der Waals surface area contributed by atoms with Gasteiger partial charge in [0.1, 0.15) is 5.82 Å². The Balaban J connectivity index is 1.95. The van der Waals surface area contributed by atoms with Crippen LogP contribution in [0.25, 0.3) is 10.2 Å². The first-order valence-electron chi connectivity index (χ1n) is 7.36. The van der Waals surface area contributed by atoms with Gasteiger partial charge in [-0.25, -0.2) is 9.37 Å². The van der Waals surface area contributed by atoms with Gasteiger partial charge in [0.2, 0.25) is 0 Å². The molecular weight excluding hydrogens is 281 g/mol. The van der Waals surface area contributed by atoms with Crippen LogP contribution >= 0.6 is 11.3 Å². The van der Waals surface area contributed by atoms with Gasteiger partial charge in [-0.1, -0.05) is 31.5 Å². The normalized spacial score (nSPS) is 11.1. The summed E-state index contributed by atoms with van der Waals surface area (Å²) in [5.41, 5.74) is 6.53. The van der Waals surface area contributed by atoms with Gasteiger partial charge in [0.05, 0.1) is 15.7 Å². The summed E-state index contributed by atoms with van der Waals surface area (Å²) in [6, 6.07) is 11.5. The molecule has 3 heteroatoms. The Labute approximate surface area is 128 Å². The van der Waals surface area contributed by atoms with Crippen molar-refractivity contribution in [2.75, 3.05) is 0 Å². The van der Waals surface area contributed by atoms with Gasteiger partial charge in [-0.3, -0.25) is 0 Å². The number of unbranched alkanes of at least 4 members (excludes halogenated alkanes) is 1. The molecule has 0 amide bonds. The van der Waals surface area contributed by atoms with E-state index in [4.69, 9.17) is 0 Å². The summed E-state index contributed by atoms with van der Waals surface area (Å²) < 4.78 is 14.7. The third kappa shape index (κ3) is 3.13. The summed E-state index contributed by atoms with van der Waals surface area (Å²) in [6.07, 6.45) is 3.98. The minimum Gasteiger partial charge on any atom is -0.244 e. The second kappa shape index (κ2) is 6.35. The number of nitrogens with zero attached hydrogens (tertiary/aromatic N) is 1. The van der Waals surface area contributed by atoms with Crippen molar-refractivity contribution in [1.82, 2.24) is 4.98 Å². The molecule has 1 aromatic heterocycles. The number of rotatable bonds is 5. The molecule has 21 heavy (non-hydrogen) atoms. The van der Waals surface area contributed by atoms with E-state index in [-0.39, 0.29) is 5.82 Å². The summed E-state index contributed by atoms with van der Waals surface area (Å²) in [4.78, 5) is 4.47. The summed E-state index contributed by atoms with van der Waals surface area (Å²) in [5, 5.41) is 0. The van der Waals surface area contributed by atoms with Gasteiger partial charge < -0.3 is 0 Å². The molecule has 108 valence electrons. The van der Waals surface area contributed by atoms with Crippen molar-refractivity contribution in [1.29, 1.82) is 0 Å². The Morgan fingerprint density at radius 1 is 1.10 bits per heavy atom. The van der Waals surface area contributed by atoms with Crippen molar-refractivity contribution in [3.63, 3.8) is 0 Å². The van der Waals surface area contributed by atoms with E-state index in [0.29, 0.717) is 0 Å². The van der Waals surface area contributed by atoms with Gasteiger partial charge in [-0.05, 0) is 54.2 Å². The van der Waals surface area contributed by atoms with Gasteiger partial charge in [0.25, 0.3) is 0 Å². The predicted molar refractivity (Wildman–Crippen MR) is 87.4 cm³/mol. The monoisotopic (exact) mass is 299 g/mol. The van der Waals surface area contributed by atoms with Crippen LogP contribution in [0.1, 0.15) is 36.5 Å². The Morgan fingerprint density at radius 3 is 2.86 bits per heavy atom. The number of thiazole rings is 1. The van der Waals surface area contributed by atoms with E-state index in [2.05, 4.69) is 30.1 Å². The SMILES string of the molecule is CCCCc1cc(F)ccc1Cc1cccc2scnc12. The first kappa shape index (κ1) is 14.2. The number of hydrogen-bond donors (Lipinski definition) is 0. The number of hydrogen-bond acceptors (Lipinski definition) is 2. The highest BCUT2D eigenvalue weighted by Gasteiger charge is 2.09. The zero-order valence-corrected chi connectivity index (χ0v) is 12.9. The maximum Gasteiger partial charge on any atom is 0.123 e. The third-order valence-corrected chi connectivity index (χ3v) is 4.59. The fourth-order valence-electron chi connectivity index (χ4n) is 2.66. The van der Waals surface area contributed by atoms with Crippen molar-refractivity contribution in [3.8, 4) is 0 Å². The third-order valence-electron chi connectivity index (χ3n) is 3.79. The second-order valence-corrected chi connectivity index (χ2v) is 6.20. The number of aryl methyl sites for hydroxylation is 1. The highest BCUT2D eigenvalue weighted by atomic mass is 32.1. The van der Waals surface area contributed by atoms with Gasteiger partial charge in [0.15, 0.2) is 0 Å². The van der Waals surface area contributed by atoms with E-state index in [1.54, 1.807) is 23.5 Å². The highest BCUT2D eigenvalue weighted by molar-refractivity contribution is 7.16. The topological polar surface area (TPSA) is 12.9 Å². The molecule has 1 heterocycles. The number of halogens is 1. The van der Waals surface area contributed by atoms with Crippen LogP contribution in [0.4, 0.5) is 4.39 Å². The standard InChI is InChI=1S/C18H18FNS/c1-2-3-5-13-11-16(19)9-8-14(13)10-15-6-4-7-17-18(15)20-12-21-17/h4,6-9,11-12H,2-3,5,10H2,1H3. The molecule has 0 radical (unpaired) electrons. The lowest BCUT2D eigenvalue weighted by Gasteiger charge is -2.10. The Hall–Kier alpha value is -1.74. The van der Waals surface area contributed by atoms with Crippen LogP contribution in [0.3, 0.4) is 0 Å². The molecule has 0 unspecified atom stereocenters. The Kier molecular flexibility index (Phi) is 4.30. The van der Waals surface area contributed by atoms with Gasteiger partial charge in [-0.15, -0.1) is 11.3 Å². The molecule has 0 spiro atoms. The van der Waals surface area contributed by atoms with Gasteiger partial charge in [0, 0.05) is 0 Å². The maximum atomic E-state index is 13.5. The average molecular weight is 299 g/mol. The van der Waals surface area contributed by atoms with E-state index in [1.807, 2.05) is 11.6 Å². The maximum absolute atomic E-state index is 13.5. The molecule has 0 aliphatic rings. The number of fused-ring (bicyclic) bond motifs is 1. The summed E-state index contributed by atoms with van der Waals surface area (Å²) in [5.74, 6) is -0.142. The van der Waals surface area contributed by atoms with Crippen LogP contribution in [-0.2, 0) is 12.8 Å². The quantitative estimate of drug-likeness (QED) is 0.617. The zero-order chi connectivity index (χ0) is 14.7. The minimum absolute atomic E-state index is 0.142. The zero-order valence-electron chi connectivity index (χ0n) is 12.1. The summed E-state index contributed by atoms with van der Waals surface area (Å²) >= 11 is 1.66. The van der Waals surface area contributed by atoms with E-state index in [0.717, 1.165) is 36.8 Å². The molecule has 0 N–H and O–H groups in total. The Bertz CT molecular complexity index is 748. The molecule has 2 aromatic carbocycles. The highest BCUT2D eigenvalue weighted by Crippen LogP contribution is 2.25. The van der Waals surface area contributed by atoms with Gasteiger partial charge in [-0.2, -0.15) is 0 Å². The van der Waals surface area contributed by atoms with E-state index in [1.165, 1.54) is 15.8 Å². The largest absolute Gasteiger partial charge is 0.244 e. The molecule has 1 nitrogen and oxygen atoms in total. The first-order chi connectivity index (χ1) is 10.3. The molecule has 3 rings (SSSR count). The molecule has 0 saturated carbocycles. The van der Waals surface area contributed by atoms with Crippen LogP contribution in [0.15, 0.2) is 41.9 Å². The Morgan fingerprint density at radius 2 is 2.00 bits per heavy atom.